The molecule has 0 amide bonds. The predicted molar refractivity (Wildman–Crippen MR) is 177 cm³/mol. The van der Waals surface area contributed by atoms with Gasteiger partial charge >= 0.3 is 0 Å². The molecule has 45 heavy (non-hydrogen) atoms. The molecule has 0 bridgehead atoms. The normalized spacial score (nSPS) is 10.8. The van der Waals surface area contributed by atoms with Crippen LogP contribution < -0.4 is 0 Å². The van der Waals surface area contributed by atoms with E-state index in [-0.39, 0.29) is 0 Å². The van der Waals surface area contributed by atoms with Gasteiger partial charge in [-0.2, -0.15) is 5.26 Å². The third-order valence-electron chi connectivity index (χ3n) is 7.86. The molecule has 7 rings (SSSR count). The molecular weight excluding hydrogens is 554 g/mol. The van der Waals surface area contributed by atoms with Crippen LogP contribution in [0.15, 0.2) is 103 Å². The van der Waals surface area contributed by atoms with E-state index in [1.807, 2.05) is 68.4 Å². The van der Waals surface area contributed by atoms with Crippen LogP contribution in [0.2, 0.25) is 0 Å². The molecule has 0 saturated carbocycles. The number of benzene rings is 5. The quantitative estimate of drug-likeness (QED) is 0.195. The highest BCUT2D eigenvalue weighted by Crippen LogP contribution is 2.39. The molecule has 0 atom stereocenters. The molecule has 0 radical (unpaired) electrons. The Balaban J connectivity index is 1.50. The minimum atomic E-state index is 0.436. The number of aromatic nitrogens is 4. The van der Waals surface area contributed by atoms with Crippen molar-refractivity contribution >= 4 is 33.2 Å². The van der Waals surface area contributed by atoms with Crippen molar-refractivity contribution in [1.29, 1.82) is 5.26 Å². The molecule has 0 spiro atoms. The molecule has 2 heterocycles. The van der Waals surface area contributed by atoms with Crippen molar-refractivity contribution in [2.75, 3.05) is 0 Å². The van der Waals surface area contributed by atoms with E-state index >= 15 is 0 Å². The maximum absolute atomic E-state index is 9.50. The van der Waals surface area contributed by atoms with Crippen molar-refractivity contribution in [2.45, 2.75) is 13.8 Å². The molecule has 2 aromatic heterocycles. The Kier molecular flexibility index (Phi) is 6.59. The Hall–Kier alpha value is -6.62. The lowest BCUT2D eigenvalue weighted by molar-refractivity contribution is 0.929. The van der Waals surface area contributed by atoms with E-state index in [1.54, 1.807) is 12.1 Å². The van der Waals surface area contributed by atoms with Crippen LogP contribution in [0.25, 0.3) is 70.8 Å². The van der Waals surface area contributed by atoms with Gasteiger partial charge in [-0.3, -0.25) is 0 Å². The summed E-state index contributed by atoms with van der Waals surface area (Å²) in [4.78, 5) is 20.8. The van der Waals surface area contributed by atoms with Crippen molar-refractivity contribution in [3.05, 3.63) is 143 Å². The second kappa shape index (κ2) is 10.9. The van der Waals surface area contributed by atoms with Gasteiger partial charge in [0.15, 0.2) is 17.2 Å². The Morgan fingerprint density at radius 1 is 0.644 bits per heavy atom. The number of hydrogen-bond donors (Lipinski definition) is 0. The second-order valence-electron chi connectivity index (χ2n) is 10.7. The average molecular weight is 578 g/mol. The van der Waals surface area contributed by atoms with Gasteiger partial charge in [-0.15, -0.1) is 0 Å². The summed E-state index contributed by atoms with van der Waals surface area (Å²) in [5.74, 6) is 1.67. The van der Waals surface area contributed by atoms with Gasteiger partial charge in [0.25, 0.3) is 0 Å². The summed E-state index contributed by atoms with van der Waals surface area (Å²) >= 11 is 0. The highest BCUT2D eigenvalue weighted by atomic mass is 15.0. The van der Waals surface area contributed by atoms with Crippen LogP contribution >= 0.6 is 0 Å². The Labute approximate surface area is 260 Å². The molecule has 5 aromatic carbocycles. The first kappa shape index (κ1) is 27.2. The zero-order chi connectivity index (χ0) is 31.1. The van der Waals surface area contributed by atoms with Crippen LogP contribution in [0.5, 0.6) is 0 Å². The largest absolute Gasteiger partial charge is 0.310 e. The first-order valence-corrected chi connectivity index (χ1v) is 14.2. The highest BCUT2D eigenvalue weighted by Gasteiger charge is 2.18. The van der Waals surface area contributed by atoms with Crippen LogP contribution in [0, 0.1) is 38.3 Å². The monoisotopic (exact) mass is 577 g/mol. The summed E-state index contributed by atoms with van der Waals surface area (Å²) in [5.41, 5.74) is 8.88. The number of nitrogens with zero attached hydrogens (tertiary/aromatic N) is 7. The first-order valence-electron chi connectivity index (χ1n) is 14.2. The zero-order valence-electron chi connectivity index (χ0n) is 24.4. The predicted octanol–water partition coefficient (Wildman–Crippen LogP) is 9.56. The summed E-state index contributed by atoms with van der Waals surface area (Å²) in [6.45, 7) is 19.2. The lowest BCUT2D eigenvalue weighted by Gasteiger charge is -2.12. The molecule has 210 valence electrons. The molecule has 0 aliphatic heterocycles. The Bertz CT molecular complexity index is 2310. The summed E-state index contributed by atoms with van der Waals surface area (Å²) in [6, 6.07) is 35.9. The lowest BCUT2D eigenvalue weighted by atomic mass is 10.0. The van der Waals surface area contributed by atoms with Gasteiger partial charge in [0.1, 0.15) is 11.6 Å². The van der Waals surface area contributed by atoms with Crippen LogP contribution in [0.1, 0.15) is 17.2 Å². The van der Waals surface area contributed by atoms with Gasteiger partial charge in [0.05, 0.1) is 35.8 Å². The number of hydrogen-bond acceptors (Lipinski definition) is 4. The third-order valence-corrected chi connectivity index (χ3v) is 7.86. The van der Waals surface area contributed by atoms with Crippen LogP contribution in [-0.4, -0.2) is 19.5 Å². The van der Waals surface area contributed by atoms with Gasteiger partial charge in [-0.25, -0.2) is 24.6 Å². The van der Waals surface area contributed by atoms with Crippen molar-refractivity contribution in [1.82, 2.24) is 19.5 Å². The molecule has 0 saturated heterocycles. The summed E-state index contributed by atoms with van der Waals surface area (Å²) < 4.78 is 2.17. The molecule has 0 aliphatic rings. The molecule has 7 nitrogen and oxygen atoms in total. The summed E-state index contributed by atoms with van der Waals surface area (Å²) in [6.07, 6.45) is 0. The molecule has 0 fully saturated rings. The molecular formula is C38H23N7. The number of aryl methyl sites for hydroxylation is 2. The van der Waals surface area contributed by atoms with Crippen LogP contribution in [0.3, 0.4) is 0 Å². The molecule has 7 heteroatoms. The fourth-order valence-corrected chi connectivity index (χ4v) is 5.86. The van der Waals surface area contributed by atoms with E-state index in [4.69, 9.17) is 13.1 Å². The van der Waals surface area contributed by atoms with E-state index in [0.717, 1.165) is 49.7 Å². The van der Waals surface area contributed by atoms with Crippen molar-refractivity contribution in [3.63, 3.8) is 0 Å². The van der Waals surface area contributed by atoms with Crippen molar-refractivity contribution in [3.8, 4) is 45.4 Å². The number of fused-ring (bicyclic) bond motifs is 3. The first-order chi connectivity index (χ1) is 21.9. The van der Waals surface area contributed by atoms with Crippen molar-refractivity contribution in [2.24, 2.45) is 0 Å². The maximum atomic E-state index is 9.50. The molecule has 0 N–H and O–H groups in total. The molecule has 0 unspecified atom stereocenters. The van der Waals surface area contributed by atoms with Gasteiger partial charge in [-0.05, 0) is 78.6 Å². The number of rotatable bonds is 4. The molecule has 0 aliphatic carbocycles. The fourth-order valence-electron chi connectivity index (χ4n) is 5.86. The Morgan fingerprint density at radius 3 is 1.89 bits per heavy atom. The van der Waals surface area contributed by atoms with E-state index in [2.05, 4.69) is 71.7 Å². The van der Waals surface area contributed by atoms with Gasteiger partial charge in [-0.1, -0.05) is 60.7 Å². The van der Waals surface area contributed by atoms with E-state index in [9.17, 15) is 5.26 Å². The minimum Gasteiger partial charge on any atom is -0.310 e. The van der Waals surface area contributed by atoms with Crippen LogP contribution in [0.4, 0.5) is 11.4 Å². The van der Waals surface area contributed by atoms with E-state index in [0.29, 0.717) is 40.0 Å². The van der Waals surface area contributed by atoms with Gasteiger partial charge < -0.3 is 4.57 Å². The van der Waals surface area contributed by atoms with Crippen molar-refractivity contribution < 1.29 is 0 Å². The SMILES string of the molecule is [C-]#[N+]c1cccc(-c2ccc3c4ccc(-c5cccc(C#N)c5)cc4n(-c4ccc(-c5nc(C)nc(C)n5)c([N+]#[C-])c4)c3c2)c1. The average Bonchev–Trinajstić information content (AvgIpc) is 3.40. The van der Waals surface area contributed by atoms with Gasteiger partial charge in [0, 0.05) is 22.0 Å². The lowest BCUT2D eigenvalue weighted by Crippen LogP contribution is -2.00. The standard InChI is InChI=1S/C38H23N7/c1-23-42-24(2)44-38(43-23)34-16-13-31(21-35(34)41-4)45-36-19-28(26-8-5-7-25(17-26)22-39)11-14-32(36)33-15-12-29(20-37(33)45)27-9-6-10-30(18-27)40-3/h5-21H,1-2H3. The van der Waals surface area contributed by atoms with E-state index in [1.165, 1.54) is 0 Å². The summed E-state index contributed by atoms with van der Waals surface area (Å²) in [7, 11) is 0. The fraction of sp³-hybridized carbons (Fsp3) is 0.0526. The zero-order valence-corrected chi connectivity index (χ0v) is 24.4. The van der Waals surface area contributed by atoms with E-state index < -0.39 is 0 Å². The summed E-state index contributed by atoms with van der Waals surface area (Å²) in [5, 5.41) is 11.6. The Morgan fingerprint density at radius 2 is 1.27 bits per heavy atom. The third kappa shape index (κ3) is 4.83. The molecule has 7 aromatic rings. The minimum absolute atomic E-state index is 0.436. The highest BCUT2D eigenvalue weighted by molar-refractivity contribution is 6.11. The topological polar surface area (TPSA) is 76.1 Å². The smallest absolute Gasteiger partial charge is 0.200 e. The number of nitriles is 1. The van der Waals surface area contributed by atoms with Gasteiger partial charge in [0.2, 0.25) is 0 Å². The second-order valence-corrected chi connectivity index (χ2v) is 10.7. The van der Waals surface area contributed by atoms with Crippen LogP contribution in [-0.2, 0) is 0 Å². The maximum Gasteiger partial charge on any atom is 0.200 e.